The number of aryl methyl sites for hydroxylation is 1. The van der Waals surface area contributed by atoms with Crippen LogP contribution in [0.4, 0.5) is 0 Å². The maximum absolute atomic E-state index is 5.00. The number of fused-ring (bicyclic) bond motifs is 1. The third-order valence-corrected chi connectivity index (χ3v) is 5.28. The van der Waals surface area contributed by atoms with Crippen LogP contribution in [0, 0.1) is 6.92 Å². The van der Waals surface area contributed by atoms with Crippen LogP contribution in [0.5, 0.6) is 0 Å². The van der Waals surface area contributed by atoms with Crippen molar-refractivity contribution in [3.63, 3.8) is 0 Å². The van der Waals surface area contributed by atoms with Gasteiger partial charge in [-0.3, -0.25) is 4.99 Å². The SMILES string of the molecule is C/C=C(\C=NCC)c1ncnc(C)c1/C(=C\C)c1ccn2ncc(C3CC3)c2n1. The summed E-state index contributed by atoms with van der Waals surface area (Å²) >= 11 is 0. The summed E-state index contributed by atoms with van der Waals surface area (Å²) in [5.74, 6) is 0.599. The summed E-state index contributed by atoms with van der Waals surface area (Å²) in [5, 5.41) is 4.47. The van der Waals surface area contributed by atoms with E-state index >= 15 is 0 Å². The van der Waals surface area contributed by atoms with E-state index in [2.05, 4.69) is 26.1 Å². The Morgan fingerprint density at radius 1 is 1.24 bits per heavy atom. The lowest BCUT2D eigenvalue weighted by atomic mass is 9.95. The number of rotatable bonds is 6. The molecule has 0 aromatic carbocycles. The van der Waals surface area contributed by atoms with E-state index in [0.717, 1.165) is 46.0 Å². The summed E-state index contributed by atoms with van der Waals surface area (Å²) in [6.45, 7) is 8.81. The van der Waals surface area contributed by atoms with Gasteiger partial charge in [-0.15, -0.1) is 0 Å². The van der Waals surface area contributed by atoms with E-state index in [1.165, 1.54) is 18.4 Å². The van der Waals surface area contributed by atoms with Gasteiger partial charge in [0.25, 0.3) is 0 Å². The molecular weight excluding hydrogens is 360 g/mol. The first-order valence-corrected chi connectivity index (χ1v) is 10.2. The van der Waals surface area contributed by atoms with Crippen LogP contribution in [-0.2, 0) is 0 Å². The second-order valence-electron chi connectivity index (χ2n) is 7.21. The fourth-order valence-corrected chi connectivity index (χ4v) is 3.62. The van der Waals surface area contributed by atoms with Gasteiger partial charge < -0.3 is 0 Å². The van der Waals surface area contributed by atoms with E-state index in [4.69, 9.17) is 4.98 Å². The molecule has 0 bridgehead atoms. The van der Waals surface area contributed by atoms with Gasteiger partial charge in [0.2, 0.25) is 0 Å². The van der Waals surface area contributed by atoms with Gasteiger partial charge in [-0.25, -0.2) is 19.5 Å². The lowest BCUT2D eigenvalue weighted by Gasteiger charge is -2.15. The van der Waals surface area contributed by atoms with Crippen LogP contribution < -0.4 is 0 Å². The van der Waals surface area contributed by atoms with E-state index in [1.54, 1.807) is 6.33 Å². The molecule has 0 amide bonds. The number of aromatic nitrogens is 5. The van der Waals surface area contributed by atoms with Crippen molar-refractivity contribution in [3.05, 3.63) is 65.1 Å². The number of allylic oxidation sites excluding steroid dienone is 3. The van der Waals surface area contributed by atoms with Crippen LogP contribution in [0.1, 0.15) is 67.7 Å². The molecule has 148 valence electrons. The van der Waals surface area contributed by atoms with Crippen molar-refractivity contribution in [1.82, 2.24) is 24.6 Å². The van der Waals surface area contributed by atoms with E-state index in [0.29, 0.717) is 5.92 Å². The third kappa shape index (κ3) is 3.62. The van der Waals surface area contributed by atoms with E-state index < -0.39 is 0 Å². The fraction of sp³-hybridized carbons (Fsp3) is 0.348. The molecule has 29 heavy (non-hydrogen) atoms. The zero-order valence-electron chi connectivity index (χ0n) is 17.4. The first-order chi connectivity index (χ1) is 14.2. The van der Waals surface area contributed by atoms with Gasteiger partial charge in [-0.2, -0.15) is 5.10 Å². The average molecular weight is 387 g/mol. The number of hydrogen-bond acceptors (Lipinski definition) is 5. The summed E-state index contributed by atoms with van der Waals surface area (Å²) in [4.78, 5) is 18.5. The van der Waals surface area contributed by atoms with Gasteiger partial charge in [0.15, 0.2) is 5.65 Å². The number of hydrogen-bond donors (Lipinski definition) is 0. The molecule has 0 atom stereocenters. The minimum Gasteiger partial charge on any atom is -0.293 e. The van der Waals surface area contributed by atoms with Crippen LogP contribution in [0.2, 0.25) is 0 Å². The first-order valence-electron chi connectivity index (χ1n) is 10.2. The highest BCUT2D eigenvalue weighted by Crippen LogP contribution is 2.41. The Bertz CT molecular complexity index is 1130. The van der Waals surface area contributed by atoms with Crippen LogP contribution >= 0.6 is 0 Å². The lowest BCUT2D eigenvalue weighted by molar-refractivity contribution is 0.935. The quantitative estimate of drug-likeness (QED) is 0.578. The standard InChI is InChI=1S/C23H26N6/c1-5-16(12-24-7-3)22-21(15(4)25-14-26-22)18(6-2)20-10-11-29-23(28-20)19(13-27-29)17-8-9-17/h5-6,10-14,17H,7-9H2,1-4H3/b16-5+,18-6-,24-12?. The van der Waals surface area contributed by atoms with E-state index in [-0.39, 0.29) is 0 Å². The average Bonchev–Trinajstić information content (AvgIpc) is 3.49. The van der Waals surface area contributed by atoms with Gasteiger partial charge in [0.05, 0.1) is 17.6 Å². The molecule has 4 rings (SSSR count). The summed E-state index contributed by atoms with van der Waals surface area (Å²) in [7, 11) is 0. The Kier molecular flexibility index (Phi) is 5.34. The van der Waals surface area contributed by atoms with Crippen LogP contribution in [0.25, 0.3) is 16.8 Å². The van der Waals surface area contributed by atoms with Gasteiger partial charge in [-0.1, -0.05) is 12.2 Å². The molecule has 1 aliphatic carbocycles. The van der Waals surface area contributed by atoms with Crippen molar-refractivity contribution in [2.75, 3.05) is 6.54 Å². The number of nitrogens with zero attached hydrogens (tertiary/aromatic N) is 6. The van der Waals surface area contributed by atoms with Crippen molar-refractivity contribution in [3.8, 4) is 0 Å². The van der Waals surface area contributed by atoms with Gasteiger partial charge in [0, 0.05) is 46.9 Å². The van der Waals surface area contributed by atoms with Crippen molar-refractivity contribution in [1.29, 1.82) is 0 Å². The Labute approximate surface area is 171 Å². The molecule has 6 heteroatoms. The van der Waals surface area contributed by atoms with Crippen LogP contribution in [0.15, 0.2) is 41.9 Å². The fourth-order valence-electron chi connectivity index (χ4n) is 3.62. The summed E-state index contributed by atoms with van der Waals surface area (Å²) < 4.78 is 1.87. The number of aliphatic imine (C=N–C) groups is 1. The second-order valence-corrected chi connectivity index (χ2v) is 7.21. The molecule has 0 radical (unpaired) electrons. The highest BCUT2D eigenvalue weighted by atomic mass is 15.2. The van der Waals surface area contributed by atoms with E-state index in [9.17, 15) is 0 Å². The van der Waals surface area contributed by atoms with Crippen LogP contribution in [-0.4, -0.2) is 37.3 Å². The summed E-state index contributed by atoms with van der Waals surface area (Å²) in [5.41, 5.74) is 7.89. The molecule has 0 saturated heterocycles. The highest BCUT2D eigenvalue weighted by Gasteiger charge is 2.28. The summed E-state index contributed by atoms with van der Waals surface area (Å²) in [6, 6.07) is 2.01. The molecule has 3 aromatic heterocycles. The third-order valence-electron chi connectivity index (χ3n) is 5.28. The Balaban J connectivity index is 1.86. The van der Waals surface area contributed by atoms with Gasteiger partial charge in [-0.05, 0) is 52.5 Å². The maximum atomic E-state index is 5.00. The normalized spacial score (nSPS) is 15.6. The lowest BCUT2D eigenvalue weighted by Crippen LogP contribution is -2.06. The van der Waals surface area contributed by atoms with Gasteiger partial charge >= 0.3 is 0 Å². The molecule has 0 aliphatic heterocycles. The molecule has 1 aliphatic rings. The largest absolute Gasteiger partial charge is 0.293 e. The van der Waals surface area contributed by atoms with Crippen molar-refractivity contribution in [2.45, 2.75) is 46.5 Å². The zero-order chi connectivity index (χ0) is 20.4. The predicted molar refractivity (Wildman–Crippen MR) is 117 cm³/mol. The molecule has 0 spiro atoms. The molecule has 3 heterocycles. The predicted octanol–water partition coefficient (Wildman–Crippen LogP) is 4.65. The molecule has 0 unspecified atom stereocenters. The van der Waals surface area contributed by atoms with E-state index in [1.807, 2.05) is 63.0 Å². The first kappa shape index (κ1) is 19.2. The maximum Gasteiger partial charge on any atom is 0.159 e. The topological polar surface area (TPSA) is 68.3 Å². The molecule has 3 aromatic rings. The van der Waals surface area contributed by atoms with Crippen molar-refractivity contribution < 1.29 is 0 Å². The molecule has 1 saturated carbocycles. The molecule has 1 fully saturated rings. The molecule has 6 nitrogen and oxygen atoms in total. The monoisotopic (exact) mass is 386 g/mol. The minimum absolute atomic E-state index is 0.599. The van der Waals surface area contributed by atoms with Crippen molar-refractivity contribution in [2.24, 2.45) is 4.99 Å². The smallest absolute Gasteiger partial charge is 0.159 e. The minimum atomic E-state index is 0.599. The Hall–Kier alpha value is -3.15. The summed E-state index contributed by atoms with van der Waals surface area (Å²) in [6.07, 6.45) is 14.0. The highest BCUT2D eigenvalue weighted by molar-refractivity contribution is 6.11. The Morgan fingerprint density at radius 3 is 2.76 bits per heavy atom. The molecule has 0 N–H and O–H groups in total. The second kappa shape index (κ2) is 8.07. The Morgan fingerprint density at radius 2 is 2.07 bits per heavy atom. The molecular formula is C23H26N6. The van der Waals surface area contributed by atoms with Crippen molar-refractivity contribution >= 4 is 23.0 Å². The zero-order valence-corrected chi connectivity index (χ0v) is 17.4. The van der Waals surface area contributed by atoms with Crippen LogP contribution in [0.3, 0.4) is 0 Å². The van der Waals surface area contributed by atoms with Gasteiger partial charge in [0.1, 0.15) is 6.33 Å².